The smallest absolute Gasteiger partial charge is 0.347 e. The summed E-state index contributed by atoms with van der Waals surface area (Å²) in [5.74, 6) is -1.03. The zero-order valence-corrected chi connectivity index (χ0v) is 13.4. The van der Waals surface area contributed by atoms with Crippen LogP contribution in [-0.4, -0.2) is 24.6 Å². The van der Waals surface area contributed by atoms with E-state index in [1.54, 1.807) is 0 Å². The molecule has 0 saturated carbocycles. The monoisotopic (exact) mass is 340 g/mol. The molecule has 0 bridgehead atoms. The molecule has 1 aliphatic rings. The molecule has 0 aliphatic carbocycles. The first-order valence-electron chi connectivity index (χ1n) is 7.63. The summed E-state index contributed by atoms with van der Waals surface area (Å²) in [7, 11) is 0. The van der Waals surface area contributed by atoms with Crippen molar-refractivity contribution < 1.29 is 19.1 Å². The van der Waals surface area contributed by atoms with Crippen LogP contribution in [0.25, 0.3) is 21.5 Å². The highest BCUT2D eigenvalue weighted by Gasteiger charge is 2.31. The summed E-state index contributed by atoms with van der Waals surface area (Å²) in [6.07, 6.45) is -0.459. The number of rotatable bonds is 2. The molecule has 1 heterocycles. The lowest BCUT2D eigenvalue weighted by Crippen LogP contribution is -2.23. The predicted octanol–water partition coefficient (Wildman–Crippen LogP) is 4.12. The van der Waals surface area contributed by atoms with E-state index in [4.69, 9.17) is 21.1 Å². The first-order valence-corrected chi connectivity index (χ1v) is 8.01. The maximum Gasteiger partial charge on any atom is 0.347 e. The molecule has 24 heavy (non-hydrogen) atoms. The van der Waals surface area contributed by atoms with Gasteiger partial charge in [0.25, 0.3) is 0 Å². The average molecular weight is 341 g/mol. The minimum Gasteiger partial charge on any atom is -0.463 e. The van der Waals surface area contributed by atoms with Crippen LogP contribution in [0.5, 0.6) is 0 Å². The average Bonchev–Trinajstić information content (AvgIpc) is 3.00. The zero-order chi connectivity index (χ0) is 16.7. The SMILES string of the molecule is O=C(OC1CCOC1=O)c1c2ccccc2c(Cl)c2ccccc12. The van der Waals surface area contributed by atoms with Crippen LogP contribution in [0, 0.1) is 0 Å². The number of halogens is 1. The van der Waals surface area contributed by atoms with E-state index in [9.17, 15) is 9.59 Å². The fourth-order valence-corrected chi connectivity index (χ4v) is 3.40. The van der Waals surface area contributed by atoms with Crippen LogP contribution < -0.4 is 0 Å². The largest absolute Gasteiger partial charge is 0.463 e. The number of hydrogen-bond acceptors (Lipinski definition) is 4. The van der Waals surface area contributed by atoms with Crippen molar-refractivity contribution in [2.75, 3.05) is 6.61 Å². The minimum absolute atomic E-state index is 0.277. The van der Waals surface area contributed by atoms with Gasteiger partial charge in [-0.15, -0.1) is 0 Å². The van der Waals surface area contributed by atoms with E-state index >= 15 is 0 Å². The lowest BCUT2D eigenvalue weighted by Gasteiger charge is -2.14. The molecule has 0 aromatic heterocycles. The number of ether oxygens (including phenoxy) is 2. The summed E-state index contributed by atoms with van der Waals surface area (Å²) in [5.41, 5.74) is 0.422. The summed E-state index contributed by atoms with van der Waals surface area (Å²) >= 11 is 6.52. The van der Waals surface area contributed by atoms with Crippen LogP contribution in [-0.2, 0) is 14.3 Å². The normalized spacial score (nSPS) is 17.2. The number of carbonyl (C=O) groups is 2. The topological polar surface area (TPSA) is 52.6 Å². The lowest BCUT2D eigenvalue weighted by atomic mass is 9.96. The van der Waals surface area contributed by atoms with E-state index in [2.05, 4.69) is 0 Å². The summed E-state index contributed by atoms with van der Waals surface area (Å²) in [4.78, 5) is 24.4. The third-order valence-electron chi connectivity index (χ3n) is 4.21. The molecule has 0 spiro atoms. The minimum atomic E-state index is -0.842. The molecular weight excluding hydrogens is 328 g/mol. The van der Waals surface area contributed by atoms with E-state index in [1.165, 1.54) is 0 Å². The molecule has 1 saturated heterocycles. The van der Waals surface area contributed by atoms with Gasteiger partial charge in [-0.05, 0) is 10.8 Å². The highest BCUT2D eigenvalue weighted by atomic mass is 35.5. The van der Waals surface area contributed by atoms with E-state index in [1.807, 2.05) is 48.5 Å². The third-order valence-corrected chi connectivity index (χ3v) is 4.61. The maximum atomic E-state index is 12.8. The van der Waals surface area contributed by atoms with Gasteiger partial charge in [-0.3, -0.25) is 0 Å². The van der Waals surface area contributed by atoms with Gasteiger partial charge in [-0.1, -0.05) is 60.1 Å². The number of fused-ring (bicyclic) bond motifs is 2. The second-order valence-corrected chi connectivity index (χ2v) is 6.01. The van der Waals surface area contributed by atoms with Crippen LogP contribution in [0.15, 0.2) is 48.5 Å². The fourth-order valence-electron chi connectivity index (χ4n) is 3.07. The van der Waals surface area contributed by atoms with Crippen molar-refractivity contribution in [2.24, 2.45) is 0 Å². The van der Waals surface area contributed by atoms with Gasteiger partial charge in [-0.2, -0.15) is 0 Å². The van der Waals surface area contributed by atoms with Gasteiger partial charge in [0.1, 0.15) is 0 Å². The van der Waals surface area contributed by atoms with Crippen molar-refractivity contribution in [3.8, 4) is 0 Å². The van der Waals surface area contributed by atoms with Crippen molar-refractivity contribution in [1.82, 2.24) is 0 Å². The Balaban J connectivity index is 1.93. The number of carbonyl (C=O) groups excluding carboxylic acids is 2. The molecule has 1 aliphatic heterocycles. The molecule has 1 unspecified atom stereocenters. The Morgan fingerprint density at radius 3 is 2.04 bits per heavy atom. The van der Waals surface area contributed by atoms with Crippen LogP contribution in [0.1, 0.15) is 16.8 Å². The van der Waals surface area contributed by atoms with Crippen molar-refractivity contribution in [2.45, 2.75) is 12.5 Å². The lowest BCUT2D eigenvalue weighted by molar-refractivity contribution is -0.145. The summed E-state index contributed by atoms with van der Waals surface area (Å²) < 4.78 is 10.3. The van der Waals surface area contributed by atoms with Crippen molar-refractivity contribution in [3.05, 3.63) is 59.1 Å². The molecule has 1 fully saturated rings. The van der Waals surface area contributed by atoms with Crippen molar-refractivity contribution in [3.63, 3.8) is 0 Å². The van der Waals surface area contributed by atoms with E-state index in [0.29, 0.717) is 27.8 Å². The van der Waals surface area contributed by atoms with E-state index in [0.717, 1.165) is 10.8 Å². The number of hydrogen-bond donors (Lipinski definition) is 0. The predicted molar refractivity (Wildman–Crippen MR) is 91.2 cm³/mol. The first kappa shape index (κ1) is 15.0. The Labute approximate surface area is 142 Å². The summed E-state index contributed by atoms with van der Waals surface area (Å²) in [5, 5.41) is 3.56. The van der Waals surface area contributed by atoms with Gasteiger partial charge < -0.3 is 9.47 Å². The molecular formula is C19H13ClO4. The Bertz CT molecular complexity index is 923. The summed E-state index contributed by atoms with van der Waals surface area (Å²) in [6, 6.07) is 14.8. The van der Waals surface area contributed by atoms with Crippen LogP contribution in [0.4, 0.5) is 0 Å². The standard InChI is InChI=1S/C19H13ClO4/c20-17-13-7-3-1-5-11(13)16(12-6-2-4-8-14(12)17)19(22)24-15-9-10-23-18(15)21/h1-8,15H,9-10H2. The quantitative estimate of drug-likeness (QED) is 0.520. The second kappa shape index (κ2) is 5.80. The second-order valence-electron chi connectivity index (χ2n) is 5.63. The highest BCUT2D eigenvalue weighted by molar-refractivity contribution is 6.42. The molecule has 3 aromatic carbocycles. The van der Waals surface area contributed by atoms with Gasteiger partial charge in [-0.25, -0.2) is 9.59 Å². The van der Waals surface area contributed by atoms with Gasteiger partial charge in [0.05, 0.1) is 17.2 Å². The Kier molecular flexibility index (Phi) is 3.62. The van der Waals surface area contributed by atoms with Gasteiger partial charge >= 0.3 is 11.9 Å². The van der Waals surface area contributed by atoms with E-state index in [-0.39, 0.29) is 6.61 Å². The van der Waals surface area contributed by atoms with Gasteiger partial charge in [0.15, 0.2) is 0 Å². The maximum absolute atomic E-state index is 12.8. The fraction of sp³-hybridized carbons (Fsp3) is 0.158. The molecule has 4 rings (SSSR count). The first-order chi connectivity index (χ1) is 11.7. The Morgan fingerprint density at radius 2 is 1.54 bits per heavy atom. The van der Waals surface area contributed by atoms with Crippen LogP contribution in [0.3, 0.4) is 0 Å². The Hall–Kier alpha value is -2.59. The zero-order valence-electron chi connectivity index (χ0n) is 12.6. The third kappa shape index (κ3) is 2.31. The van der Waals surface area contributed by atoms with Crippen molar-refractivity contribution >= 4 is 45.1 Å². The highest BCUT2D eigenvalue weighted by Crippen LogP contribution is 2.36. The molecule has 1 atom stereocenters. The molecule has 5 heteroatoms. The molecule has 120 valence electrons. The molecule has 0 amide bonds. The van der Waals surface area contributed by atoms with Gasteiger partial charge in [0, 0.05) is 17.2 Å². The summed E-state index contributed by atoms with van der Waals surface area (Å²) in [6.45, 7) is 0.277. The molecule has 0 N–H and O–H groups in total. The number of benzene rings is 3. The van der Waals surface area contributed by atoms with Gasteiger partial charge in [0.2, 0.25) is 6.10 Å². The molecule has 4 nitrogen and oxygen atoms in total. The van der Waals surface area contributed by atoms with Crippen LogP contribution >= 0.6 is 11.6 Å². The Morgan fingerprint density at radius 1 is 1.00 bits per heavy atom. The van der Waals surface area contributed by atoms with E-state index < -0.39 is 18.0 Å². The van der Waals surface area contributed by atoms with Crippen LogP contribution in [0.2, 0.25) is 5.02 Å². The van der Waals surface area contributed by atoms with Crippen molar-refractivity contribution in [1.29, 1.82) is 0 Å². The number of cyclic esters (lactones) is 1. The molecule has 0 radical (unpaired) electrons. The molecule has 3 aromatic rings. The number of esters is 2.